The van der Waals surface area contributed by atoms with Crippen LogP contribution in [0.15, 0.2) is 4.79 Å². The Balaban J connectivity index is 2.97. The molecule has 3 N–H and O–H groups in total. The van der Waals surface area contributed by atoms with Gasteiger partial charge >= 0.3 is 0 Å². The van der Waals surface area contributed by atoms with Gasteiger partial charge in [-0.2, -0.15) is 5.10 Å². The number of aryl methyl sites for hydroxylation is 1. The van der Waals surface area contributed by atoms with Gasteiger partial charge in [0, 0.05) is 12.6 Å². The lowest BCUT2D eigenvalue weighted by molar-refractivity contribution is 0.0926. The third-order valence-electron chi connectivity index (χ3n) is 3.00. The average molecular weight is 253 g/mol. The van der Waals surface area contributed by atoms with Crippen molar-refractivity contribution in [3.63, 3.8) is 0 Å². The van der Waals surface area contributed by atoms with E-state index in [1.54, 1.807) is 13.8 Å². The molecule has 1 amide bonds. The van der Waals surface area contributed by atoms with E-state index in [1.165, 1.54) is 0 Å². The fraction of sp³-hybridized carbons (Fsp3) is 0.583. The first kappa shape index (κ1) is 14.4. The Morgan fingerprint density at radius 3 is 2.72 bits per heavy atom. The number of aliphatic hydroxyl groups is 1. The van der Waals surface area contributed by atoms with Crippen molar-refractivity contribution >= 4 is 5.91 Å². The standard InChI is InChI=1S/C12H19N3O3/c1-4-9(5-6-16)13-11(17)10-7(2)8(3)14-15-12(10)18/h9,16H,4-6H2,1-3H3,(H,13,17)(H,15,18). The molecule has 100 valence electrons. The fourth-order valence-electron chi connectivity index (χ4n) is 1.69. The zero-order valence-corrected chi connectivity index (χ0v) is 10.9. The Labute approximate surface area is 105 Å². The molecule has 18 heavy (non-hydrogen) atoms. The molecule has 0 saturated heterocycles. The molecule has 0 aliphatic heterocycles. The first-order valence-corrected chi connectivity index (χ1v) is 5.98. The third-order valence-corrected chi connectivity index (χ3v) is 3.00. The van der Waals surface area contributed by atoms with Crippen molar-refractivity contribution in [3.8, 4) is 0 Å². The maximum absolute atomic E-state index is 12.0. The molecule has 6 nitrogen and oxygen atoms in total. The summed E-state index contributed by atoms with van der Waals surface area (Å²) >= 11 is 0. The minimum atomic E-state index is -0.491. The van der Waals surface area contributed by atoms with Gasteiger partial charge < -0.3 is 10.4 Å². The molecule has 6 heteroatoms. The van der Waals surface area contributed by atoms with E-state index in [-0.39, 0.29) is 18.2 Å². The van der Waals surface area contributed by atoms with E-state index in [0.717, 1.165) is 0 Å². The summed E-state index contributed by atoms with van der Waals surface area (Å²) in [6.45, 7) is 5.34. The Bertz CT molecular complexity index is 482. The number of carbonyl (C=O) groups excluding carboxylic acids is 1. The Kier molecular flexibility index (Phi) is 5.03. The normalized spacial score (nSPS) is 12.2. The lowest BCUT2D eigenvalue weighted by Gasteiger charge is -2.16. The van der Waals surface area contributed by atoms with E-state index in [2.05, 4.69) is 15.5 Å². The highest BCUT2D eigenvalue weighted by atomic mass is 16.3. The number of aromatic nitrogens is 2. The third kappa shape index (κ3) is 3.16. The second-order valence-corrected chi connectivity index (χ2v) is 4.23. The van der Waals surface area contributed by atoms with Gasteiger partial charge in [0.05, 0.1) is 5.69 Å². The van der Waals surface area contributed by atoms with E-state index in [0.29, 0.717) is 24.1 Å². The van der Waals surface area contributed by atoms with Gasteiger partial charge in [-0.05, 0) is 32.3 Å². The zero-order chi connectivity index (χ0) is 13.7. The first-order valence-electron chi connectivity index (χ1n) is 5.98. The minimum Gasteiger partial charge on any atom is -0.396 e. The van der Waals surface area contributed by atoms with Gasteiger partial charge in [-0.25, -0.2) is 5.10 Å². The molecule has 0 aliphatic rings. The van der Waals surface area contributed by atoms with Gasteiger partial charge in [0.15, 0.2) is 0 Å². The molecule has 1 aromatic heterocycles. The maximum Gasteiger partial charge on any atom is 0.277 e. The predicted molar refractivity (Wildman–Crippen MR) is 67.6 cm³/mol. The molecule has 1 aromatic rings. The van der Waals surface area contributed by atoms with Gasteiger partial charge in [0.2, 0.25) is 0 Å². The number of carbonyl (C=O) groups is 1. The summed E-state index contributed by atoms with van der Waals surface area (Å²) in [5, 5.41) is 17.7. The number of nitrogens with zero attached hydrogens (tertiary/aromatic N) is 1. The summed E-state index contributed by atoms with van der Waals surface area (Å²) in [6.07, 6.45) is 1.18. The van der Waals surface area contributed by atoms with Crippen LogP contribution in [0.1, 0.15) is 41.4 Å². The predicted octanol–water partition coefficient (Wildman–Crippen LogP) is 0.278. The van der Waals surface area contributed by atoms with Crippen LogP contribution in [0.3, 0.4) is 0 Å². The Morgan fingerprint density at radius 1 is 1.50 bits per heavy atom. The summed E-state index contributed by atoms with van der Waals surface area (Å²) in [5.41, 5.74) is 0.804. The number of H-pyrrole nitrogens is 1. The second-order valence-electron chi connectivity index (χ2n) is 4.23. The topological polar surface area (TPSA) is 95.1 Å². The van der Waals surface area contributed by atoms with Crippen LogP contribution in [0.2, 0.25) is 0 Å². The van der Waals surface area contributed by atoms with Crippen LogP contribution in [0, 0.1) is 13.8 Å². The number of amides is 1. The lowest BCUT2D eigenvalue weighted by Crippen LogP contribution is -2.38. The molecule has 0 aromatic carbocycles. The summed E-state index contributed by atoms with van der Waals surface area (Å²) in [7, 11) is 0. The number of aliphatic hydroxyl groups excluding tert-OH is 1. The van der Waals surface area contributed by atoms with Crippen LogP contribution < -0.4 is 10.9 Å². The van der Waals surface area contributed by atoms with Crippen molar-refractivity contribution in [3.05, 3.63) is 27.2 Å². The zero-order valence-electron chi connectivity index (χ0n) is 10.9. The molecular formula is C12H19N3O3. The molecule has 1 atom stereocenters. The smallest absolute Gasteiger partial charge is 0.277 e. The van der Waals surface area contributed by atoms with Crippen molar-refractivity contribution in [2.75, 3.05) is 6.61 Å². The summed E-state index contributed by atoms with van der Waals surface area (Å²) in [5.74, 6) is -0.417. The molecule has 1 unspecified atom stereocenters. The van der Waals surface area contributed by atoms with Crippen molar-refractivity contribution in [2.45, 2.75) is 39.7 Å². The van der Waals surface area contributed by atoms with Crippen molar-refractivity contribution in [1.82, 2.24) is 15.5 Å². The molecular weight excluding hydrogens is 234 g/mol. The Hall–Kier alpha value is -1.69. The second kappa shape index (κ2) is 6.30. The van der Waals surface area contributed by atoms with Gasteiger partial charge in [0.1, 0.15) is 5.56 Å². The summed E-state index contributed by atoms with van der Waals surface area (Å²) in [4.78, 5) is 23.7. The van der Waals surface area contributed by atoms with Crippen molar-refractivity contribution in [1.29, 1.82) is 0 Å². The van der Waals surface area contributed by atoms with E-state index in [1.807, 2.05) is 6.92 Å². The fourth-order valence-corrected chi connectivity index (χ4v) is 1.69. The number of aromatic amines is 1. The van der Waals surface area contributed by atoms with Crippen LogP contribution in [0.5, 0.6) is 0 Å². The Morgan fingerprint density at radius 2 is 2.17 bits per heavy atom. The highest BCUT2D eigenvalue weighted by Gasteiger charge is 2.18. The number of hydrogen-bond acceptors (Lipinski definition) is 4. The van der Waals surface area contributed by atoms with Gasteiger partial charge in [0.25, 0.3) is 11.5 Å². The van der Waals surface area contributed by atoms with Crippen LogP contribution >= 0.6 is 0 Å². The van der Waals surface area contributed by atoms with Gasteiger partial charge in [-0.15, -0.1) is 0 Å². The summed E-state index contributed by atoms with van der Waals surface area (Å²) < 4.78 is 0. The summed E-state index contributed by atoms with van der Waals surface area (Å²) in [6, 6.07) is -0.130. The van der Waals surface area contributed by atoms with Gasteiger partial charge in [-0.3, -0.25) is 9.59 Å². The average Bonchev–Trinajstić information content (AvgIpc) is 2.34. The number of nitrogens with one attached hydrogen (secondary N) is 2. The molecule has 0 radical (unpaired) electrons. The van der Waals surface area contributed by atoms with Crippen molar-refractivity contribution < 1.29 is 9.90 Å². The number of rotatable bonds is 5. The van der Waals surface area contributed by atoms with Crippen LogP contribution in [0.4, 0.5) is 0 Å². The highest BCUT2D eigenvalue weighted by Crippen LogP contribution is 2.06. The van der Waals surface area contributed by atoms with E-state index >= 15 is 0 Å². The monoisotopic (exact) mass is 253 g/mol. The van der Waals surface area contributed by atoms with E-state index < -0.39 is 11.5 Å². The molecule has 0 aliphatic carbocycles. The quantitative estimate of drug-likeness (QED) is 0.702. The van der Waals surface area contributed by atoms with E-state index in [9.17, 15) is 9.59 Å². The van der Waals surface area contributed by atoms with Gasteiger partial charge in [-0.1, -0.05) is 6.92 Å². The molecule has 1 rings (SSSR count). The van der Waals surface area contributed by atoms with E-state index in [4.69, 9.17) is 5.11 Å². The van der Waals surface area contributed by atoms with Crippen LogP contribution in [-0.2, 0) is 0 Å². The molecule has 0 bridgehead atoms. The highest BCUT2D eigenvalue weighted by molar-refractivity contribution is 5.95. The minimum absolute atomic E-state index is 0.00347. The first-order chi connectivity index (χ1) is 8.51. The maximum atomic E-state index is 12.0. The lowest BCUT2D eigenvalue weighted by atomic mass is 10.1. The largest absolute Gasteiger partial charge is 0.396 e. The molecule has 0 saturated carbocycles. The molecule has 1 heterocycles. The molecule has 0 fully saturated rings. The van der Waals surface area contributed by atoms with Crippen molar-refractivity contribution in [2.24, 2.45) is 0 Å². The van der Waals surface area contributed by atoms with Crippen LogP contribution in [-0.4, -0.2) is 33.9 Å². The SMILES string of the molecule is CCC(CCO)NC(=O)c1c(C)c(C)n[nH]c1=O. The van der Waals surface area contributed by atoms with Crippen LogP contribution in [0.25, 0.3) is 0 Å². The number of hydrogen-bond donors (Lipinski definition) is 3. The molecule has 0 spiro atoms.